The minimum Gasteiger partial charge on any atom is -0.364 e. The van der Waals surface area contributed by atoms with E-state index in [4.69, 9.17) is 4.74 Å². The fraction of sp³-hybridized carbons (Fsp3) is 0.500. The third-order valence-electron chi connectivity index (χ3n) is 4.37. The first-order chi connectivity index (χ1) is 7.62. The summed E-state index contributed by atoms with van der Waals surface area (Å²) < 4.78 is 29.8. The number of benzene rings is 1. The van der Waals surface area contributed by atoms with Crippen LogP contribution in [0.5, 0.6) is 0 Å². The van der Waals surface area contributed by atoms with E-state index in [0.717, 1.165) is 5.56 Å². The molecule has 4 rings (SSSR count). The van der Waals surface area contributed by atoms with Gasteiger partial charge >= 0.3 is 0 Å². The van der Waals surface area contributed by atoms with Gasteiger partial charge in [-0.15, -0.1) is 0 Å². The molecule has 3 nitrogen and oxygen atoms in total. The van der Waals surface area contributed by atoms with Crippen LogP contribution in [0.15, 0.2) is 24.3 Å². The van der Waals surface area contributed by atoms with Crippen molar-refractivity contribution < 1.29 is 13.2 Å². The van der Waals surface area contributed by atoms with Crippen LogP contribution in [0.1, 0.15) is 30.3 Å². The molecule has 2 fully saturated rings. The van der Waals surface area contributed by atoms with Crippen molar-refractivity contribution >= 4 is 9.84 Å². The second-order valence-electron chi connectivity index (χ2n) is 4.94. The maximum absolute atomic E-state index is 12.0. The van der Waals surface area contributed by atoms with Crippen molar-refractivity contribution in [1.29, 1.82) is 0 Å². The Hall–Kier alpha value is -0.870. The zero-order chi connectivity index (χ0) is 11.1. The first-order valence-corrected chi connectivity index (χ1v) is 7.20. The minimum absolute atomic E-state index is 0.0183. The third-order valence-corrected chi connectivity index (χ3v) is 7.04. The maximum Gasteiger partial charge on any atom is 0.159 e. The molecule has 0 amide bonds. The quantitative estimate of drug-likeness (QED) is 0.687. The van der Waals surface area contributed by atoms with Crippen LogP contribution in [-0.2, 0) is 14.6 Å². The van der Waals surface area contributed by atoms with Crippen LogP contribution in [-0.4, -0.2) is 18.9 Å². The Morgan fingerprint density at radius 1 is 1.12 bits per heavy atom. The number of fused-ring (bicyclic) bond motifs is 8. The van der Waals surface area contributed by atoms with Crippen molar-refractivity contribution in [3.63, 3.8) is 0 Å². The molecule has 2 bridgehead atoms. The SMILES string of the molecule is C[C@H]1[C@@H]2[C@H]([C@H]3O[C@H]2c2ccccc23)S1(=O)=O. The van der Waals surface area contributed by atoms with Gasteiger partial charge in [0.15, 0.2) is 9.84 Å². The molecule has 4 heteroatoms. The molecule has 3 heterocycles. The molecular weight excluding hydrogens is 224 g/mol. The van der Waals surface area contributed by atoms with Gasteiger partial charge in [0.2, 0.25) is 0 Å². The number of rotatable bonds is 0. The van der Waals surface area contributed by atoms with E-state index in [1.54, 1.807) is 0 Å². The lowest BCUT2D eigenvalue weighted by molar-refractivity contribution is 0.0623. The van der Waals surface area contributed by atoms with Crippen molar-refractivity contribution in [2.45, 2.75) is 29.6 Å². The normalized spacial score (nSPS) is 45.9. The molecule has 0 aromatic heterocycles. The molecule has 5 atom stereocenters. The van der Waals surface area contributed by atoms with Crippen molar-refractivity contribution in [2.24, 2.45) is 5.92 Å². The van der Waals surface area contributed by atoms with Gasteiger partial charge in [-0.1, -0.05) is 24.3 Å². The lowest BCUT2D eigenvalue weighted by Gasteiger charge is -2.43. The molecule has 0 saturated carbocycles. The summed E-state index contributed by atoms with van der Waals surface area (Å²) in [6, 6.07) is 8.00. The molecule has 1 aromatic rings. The van der Waals surface area contributed by atoms with E-state index in [0.29, 0.717) is 0 Å². The van der Waals surface area contributed by atoms with Gasteiger partial charge < -0.3 is 4.74 Å². The summed E-state index contributed by atoms with van der Waals surface area (Å²) in [5, 5.41) is -0.511. The molecular formula is C12H12O3S. The highest BCUT2D eigenvalue weighted by Gasteiger charge is 2.68. The monoisotopic (exact) mass is 236 g/mol. The Labute approximate surface area is 94.3 Å². The Morgan fingerprint density at radius 3 is 2.44 bits per heavy atom. The Balaban J connectivity index is 1.92. The molecule has 0 spiro atoms. The van der Waals surface area contributed by atoms with Crippen LogP contribution in [0.25, 0.3) is 0 Å². The van der Waals surface area contributed by atoms with E-state index in [1.807, 2.05) is 25.1 Å². The maximum atomic E-state index is 12.0. The first kappa shape index (κ1) is 9.19. The average molecular weight is 236 g/mol. The van der Waals surface area contributed by atoms with Crippen LogP contribution in [0.3, 0.4) is 0 Å². The molecule has 0 aliphatic carbocycles. The number of sulfone groups is 1. The van der Waals surface area contributed by atoms with E-state index >= 15 is 0 Å². The second kappa shape index (κ2) is 2.51. The topological polar surface area (TPSA) is 43.4 Å². The smallest absolute Gasteiger partial charge is 0.159 e. The summed E-state index contributed by atoms with van der Waals surface area (Å²) in [6.45, 7) is 1.81. The van der Waals surface area contributed by atoms with Gasteiger partial charge in [0, 0.05) is 5.92 Å². The van der Waals surface area contributed by atoms with Gasteiger partial charge in [-0.05, 0) is 18.1 Å². The summed E-state index contributed by atoms with van der Waals surface area (Å²) in [4.78, 5) is 0. The van der Waals surface area contributed by atoms with Gasteiger partial charge in [0.25, 0.3) is 0 Å². The average Bonchev–Trinajstić information content (AvgIpc) is 2.83. The van der Waals surface area contributed by atoms with Crippen LogP contribution < -0.4 is 0 Å². The summed E-state index contributed by atoms with van der Waals surface area (Å²) in [5.74, 6) is 0.185. The van der Waals surface area contributed by atoms with Gasteiger partial charge in [-0.3, -0.25) is 0 Å². The summed E-state index contributed by atoms with van der Waals surface area (Å²) in [7, 11) is -2.94. The van der Waals surface area contributed by atoms with Crippen molar-refractivity contribution in [3.05, 3.63) is 35.4 Å². The molecule has 1 aromatic carbocycles. The lowest BCUT2D eigenvalue weighted by Crippen LogP contribution is -2.55. The standard InChI is InChI=1S/C12H12O3S/c1-6-9-10-7-4-2-3-5-8(7)11(15-10)12(9)16(6,13)14/h2-6,9-12H,1H3/t6-,9-,10-,11-,12+/m0/s1. The predicted octanol–water partition coefficient (Wildman–Crippen LogP) is 1.61. The van der Waals surface area contributed by atoms with E-state index < -0.39 is 9.84 Å². The van der Waals surface area contributed by atoms with Gasteiger partial charge in [0.1, 0.15) is 6.10 Å². The fourth-order valence-corrected chi connectivity index (χ4v) is 5.89. The van der Waals surface area contributed by atoms with E-state index in [1.165, 1.54) is 5.56 Å². The zero-order valence-corrected chi connectivity index (χ0v) is 9.65. The number of hydrogen-bond acceptors (Lipinski definition) is 3. The van der Waals surface area contributed by atoms with Gasteiger partial charge in [0.05, 0.1) is 16.6 Å². The van der Waals surface area contributed by atoms with Crippen LogP contribution in [0, 0.1) is 5.92 Å². The molecule has 0 radical (unpaired) electrons. The van der Waals surface area contributed by atoms with E-state index in [9.17, 15) is 8.42 Å². The van der Waals surface area contributed by atoms with Crippen molar-refractivity contribution in [3.8, 4) is 0 Å². The van der Waals surface area contributed by atoms with Crippen molar-refractivity contribution in [1.82, 2.24) is 0 Å². The zero-order valence-electron chi connectivity index (χ0n) is 8.83. The largest absolute Gasteiger partial charge is 0.364 e. The van der Waals surface area contributed by atoms with Gasteiger partial charge in [-0.2, -0.15) is 0 Å². The Morgan fingerprint density at radius 2 is 1.75 bits per heavy atom. The molecule has 3 aliphatic heterocycles. The van der Waals surface area contributed by atoms with Crippen LogP contribution in [0.4, 0.5) is 0 Å². The Kier molecular flexibility index (Phi) is 1.44. The third kappa shape index (κ3) is 0.769. The highest BCUT2D eigenvalue weighted by molar-refractivity contribution is 7.94. The molecule has 16 heavy (non-hydrogen) atoms. The van der Waals surface area contributed by atoms with E-state index in [2.05, 4.69) is 6.07 Å². The summed E-state index contributed by atoms with van der Waals surface area (Å²) in [5.41, 5.74) is 2.29. The molecule has 2 saturated heterocycles. The Bertz CT molecular complexity index is 578. The predicted molar refractivity (Wildman–Crippen MR) is 58.7 cm³/mol. The van der Waals surface area contributed by atoms with Crippen molar-refractivity contribution in [2.75, 3.05) is 0 Å². The lowest BCUT2D eigenvalue weighted by atomic mass is 9.81. The molecule has 0 N–H and O–H groups in total. The summed E-state index contributed by atoms with van der Waals surface area (Å²) >= 11 is 0. The molecule has 3 aliphatic rings. The fourth-order valence-electron chi connectivity index (χ4n) is 3.54. The summed E-state index contributed by atoms with van der Waals surface area (Å²) in [6.07, 6.45) is -0.183. The highest BCUT2D eigenvalue weighted by Crippen LogP contribution is 2.63. The number of ether oxygens (including phenoxy) is 1. The first-order valence-electron chi connectivity index (χ1n) is 5.59. The van der Waals surface area contributed by atoms with Crippen LogP contribution >= 0.6 is 0 Å². The minimum atomic E-state index is -2.94. The second-order valence-corrected chi connectivity index (χ2v) is 7.41. The number of hydrogen-bond donors (Lipinski definition) is 0. The van der Waals surface area contributed by atoms with E-state index in [-0.39, 0.29) is 28.6 Å². The highest BCUT2D eigenvalue weighted by atomic mass is 32.2. The van der Waals surface area contributed by atoms with Gasteiger partial charge in [-0.25, -0.2) is 8.42 Å². The molecule has 84 valence electrons. The van der Waals surface area contributed by atoms with Crippen LogP contribution in [0.2, 0.25) is 0 Å². The molecule has 0 unspecified atom stereocenters.